The van der Waals surface area contributed by atoms with Crippen molar-refractivity contribution in [3.8, 4) is 5.69 Å². The molecule has 4 rings (SSSR count). The van der Waals surface area contributed by atoms with E-state index in [9.17, 15) is 4.79 Å². The van der Waals surface area contributed by atoms with Gasteiger partial charge < -0.3 is 10.2 Å². The van der Waals surface area contributed by atoms with E-state index < -0.39 is 0 Å². The SMILES string of the molecule is Cc1cc(C(=O)NCCCN(C)C2CCCCC2)c2c(C)nn(-c3cccc(Cl)c3C)c2n1. The van der Waals surface area contributed by atoms with E-state index in [-0.39, 0.29) is 5.91 Å². The molecule has 6 nitrogen and oxygen atoms in total. The summed E-state index contributed by atoms with van der Waals surface area (Å²) in [6, 6.07) is 8.29. The van der Waals surface area contributed by atoms with E-state index in [0.717, 1.165) is 41.0 Å². The zero-order chi connectivity index (χ0) is 23.5. The van der Waals surface area contributed by atoms with Gasteiger partial charge in [-0.3, -0.25) is 4.79 Å². The van der Waals surface area contributed by atoms with Gasteiger partial charge in [-0.15, -0.1) is 0 Å². The van der Waals surface area contributed by atoms with Crippen LogP contribution in [-0.2, 0) is 0 Å². The molecule has 7 heteroatoms. The van der Waals surface area contributed by atoms with E-state index in [4.69, 9.17) is 21.7 Å². The lowest BCUT2D eigenvalue weighted by Gasteiger charge is -2.31. The van der Waals surface area contributed by atoms with E-state index in [0.29, 0.717) is 28.8 Å². The number of pyridine rings is 1. The van der Waals surface area contributed by atoms with Crippen LogP contribution in [0.3, 0.4) is 0 Å². The smallest absolute Gasteiger partial charge is 0.252 e. The highest BCUT2D eigenvalue weighted by molar-refractivity contribution is 6.31. The largest absolute Gasteiger partial charge is 0.352 e. The second-order valence-corrected chi connectivity index (χ2v) is 9.68. The second kappa shape index (κ2) is 10.2. The quantitative estimate of drug-likeness (QED) is 0.473. The first kappa shape index (κ1) is 23.7. The number of halogens is 1. The molecule has 1 aliphatic rings. The predicted molar refractivity (Wildman–Crippen MR) is 135 cm³/mol. The van der Waals surface area contributed by atoms with Gasteiger partial charge in [-0.2, -0.15) is 5.10 Å². The Hall–Kier alpha value is -2.44. The Bertz CT molecular complexity index is 1150. The van der Waals surface area contributed by atoms with Crippen LogP contribution in [0.2, 0.25) is 5.02 Å². The van der Waals surface area contributed by atoms with Gasteiger partial charge >= 0.3 is 0 Å². The predicted octanol–water partition coefficient (Wildman–Crippen LogP) is 5.38. The summed E-state index contributed by atoms with van der Waals surface area (Å²) < 4.78 is 1.80. The van der Waals surface area contributed by atoms with Crippen molar-refractivity contribution >= 4 is 28.5 Å². The average molecular weight is 468 g/mol. The number of carbonyl (C=O) groups is 1. The maximum Gasteiger partial charge on any atom is 0.252 e. The Labute approximate surface area is 201 Å². The van der Waals surface area contributed by atoms with Crippen LogP contribution >= 0.6 is 11.6 Å². The Morgan fingerprint density at radius 3 is 2.73 bits per heavy atom. The third-order valence-corrected chi connectivity index (χ3v) is 7.23. The Balaban J connectivity index is 1.51. The highest BCUT2D eigenvalue weighted by atomic mass is 35.5. The standard InChI is InChI=1S/C26H34ClN5O/c1-17-16-21(26(33)28-14-9-15-31(4)20-10-6-5-7-11-20)24-19(3)30-32(25(24)29-17)23-13-8-12-22(27)18(23)2/h8,12-13,16,20H,5-7,9-11,14-15H2,1-4H3,(H,28,33). The minimum absolute atomic E-state index is 0.0729. The molecule has 0 unspecified atom stereocenters. The second-order valence-electron chi connectivity index (χ2n) is 9.27. The van der Waals surface area contributed by atoms with Crippen LogP contribution < -0.4 is 5.32 Å². The van der Waals surface area contributed by atoms with Gasteiger partial charge in [0, 0.05) is 23.3 Å². The summed E-state index contributed by atoms with van der Waals surface area (Å²) in [5.74, 6) is -0.0729. The number of nitrogens with one attached hydrogen (secondary N) is 1. The molecule has 1 saturated carbocycles. The molecule has 33 heavy (non-hydrogen) atoms. The van der Waals surface area contributed by atoms with E-state index in [1.807, 2.05) is 45.0 Å². The zero-order valence-corrected chi connectivity index (χ0v) is 20.9. The van der Waals surface area contributed by atoms with Crippen molar-refractivity contribution in [2.75, 3.05) is 20.1 Å². The lowest BCUT2D eigenvalue weighted by Crippen LogP contribution is -2.35. The first-order chi connectivity index (χ1) is 15.9. The lowest BCUT2D eigenvalue weighted by molar-refractivity contribution is 0.0952. The highest BCUT2D eigenvalue weighted by Crippen LogP contribution is 2.28. The lowest BCUT2D eigenvalue weighted by atomic mass is 9.94. The minimum atomic E-state index is -0.0729. The fourth-order valence-electron chi connectivity index (χ4n) is 4.92. The first-order valence-electron chi connectivity index (χ1n) is 12.0. The maximum absolute atomic E-state index is 13.2. The monoisotopic (exact) mass is 467 g/mol. The van der Waals surface area contributed by atoms with Crippen molar-refractivity contribution < 1.29 is 4.79 Å². The molecule has 1 aromatic carbocycles. The van der Waals surface area contributed by atoms with Crippen LogP contribution in [0, 0.1) is 20.8 Å². The van der Waals surface area contributed by atoms with Crippen LogP contribution in [-0.4, -0.2) is 51.8 Å². The van der Waals surface area contributed by atoms with Gasteiger partial charge in [0.25, 0.3) is 5.91 Å². The first-order valence-corrected chi connectivity index (χ1v) is 12.4. The molecule has 1 fully saturated rings. The van der Waals surface area contributed by atoms with Crippen molar-refractivity contribution in [2.24, 2.45) is 0 Å². The van der Waals surface area contributed by atoms with Crippen LogP contribution in [0.4, 0.5) is 0 Å². The van der Waals surface area contributed by atoms with Gasteiger partial charge in [-0.1, -0.05) is 36.9 Å². The van der Waals surface area contributed by atoms with Gasteiger partial charge in [-0.25, -0.2) is 9.67 Å². The molecule has 2 aromatic heterocycles. The summed E-state index contributed by atoms with van der Waals surface area (Å²) in [4.78, 5) is 20.4. The molecule has 1 aliphatic carbocycles. The average Bonchev–Trinajstić information content (AvgIpc) is 3.14. The topological polar surface area (TPSA) is 63.1 Å². The normalized spacial score (nSPS) is 14.8. The number of carbonyl (C=O) groups excluding carboxylic acids is 1. The Morgan fingerprint density at radius 2 is 1.97 bits per heavy atom. The molecule has 0 bridgehead atoms. The number of hydrogen-bond donors (Lipinski definition) is 1. The van der Waals surface area contributed by atoms with Crippen LogP contribution in [0.1, 0.15) is 65.8 Å². The number of fused-ring (bicyclic) bond motifs is 1. The Kier molecular flexibility index (Phi) is 7.35. The summed E-state index contributed by atoms with van der Waals surface area (Å²) in [5.41, 5.74) is 4.67. The van der Waals surface area contributed by atoms with E-state index in [2.05, 4.69) is 17.3 Å². The van der Waals surface area contributed by atoms with Gasteiger partial charge in [0.2, 0.25) is 0 Å². The van der Waals surface area contributed by atoms with Crippen molar-refractivity contribution in [1.29, 1.82) is 0 Å². The number of hydrogen-bond acceptors (Lipinski definition) is 4. The van der Waals surface area contributed by atoms with Gasteiger partial charge in [0.05, 0.1) is 22.3 Å². The fraction of sp³-hybridized carbons (Fsp3) is 0.500. The van der Waals surface area contributed by atoms with Crippen molar-refractivity contribution in [1.82, 2.24) is 25.0 Å². The number of amides is 1. The Morgan fingerprint density at radius 1 is 1.21 bits per heavy atom. The van der Waals surface area contributed by atoms with Crippen molar-refractivity contribution in [3.05, 3.63) is 51.8 Å². The number of nitrogens with zero attached hydrogens (tertiary/aromatic N) is 4. The number of aryl methyl sites for hydroxylation is 2. The molecule has 0 aliphatic heterocycles. The molecule has 0 atom stereocenters. The zero-order valence-electron chi connectivity index (χ0n) is 20.1. The molecular formula is C26H34ClN5O. The summed E-state index contributed by atoms with van der Waals surface area (Å²) in [6.45, 7) is 7.45. The van der Waals surface area contributed by atoms with Gasteiger partial charge in [0.1, 0.15) is 0 Å². The highest BCUT2D eigenvalue weighted by Gasteiger charge is 2.21. The van der Waals surface area contributed by atoms with E-state index in [1.54, 1.807) is 4.68 Å². The molecule has 3 aromatic rings. The van der Waals surface area contributed by atoms with Gasteiger partial charge in [0.15, 0.2) is 5.65 Å². The number of benzene rings is 1. The number of rotatable bonds is 7. The van der Waals surface area contributed by atoms with Crippen LogP contribution in [0.25, 0.3) is 16.7 Å². The number of aromatic nitrogens is 3. The molecule has 1 amide bonds. The molecule has 176 valence electrons. The van der Waals surface area contributed by atoms with Crippen molar-refractivity contribution in [3.63, 3.8) is 0 Å². The summed E-state index contributed by atoms with van der Waals surface area (Å²) in [6.07, 6.45) is 7.58. The molecular weight excluding hydrogens is 434 g/mol. The van der Waals surface area contributed by atoms with Crippen LogP contribution in [0.15, 0.2) is 24.3 Å². The van der Waals surface area contributed by atoms with Gasteiger partial charge in [-0.05, 0) is 77.4 Å². The van der Waals surface area contributed by atoms with Crippen LogP contribution in [0.5, 0.6) is 0 Å². The van der Waals surface area contributed by atoms with Crippen molar-refractivity contribution in [2.45, 2.75) is 65.3 Å². The van der Waals surface area contributed by atoms with E-state index >= 15 is 0 Å². The minimum Gasteiger partial charge on any atom is -0.352 e. The molecule has 0 radical (unpaired) electrons. The fourth-order valence-corrected chi connectivity index (χ4v) is 5.09. The summed E-state index contributed by atoms with van der Waals surface area (Å²) >= 11 is 6.35. The summed E-state index contributed by atoms with van der Waals surface area (Å²) in [5, 5.41) is 9.32. The molecule has 2 heterocycles. The maximum atomic E-state index is 13.2. The summed E-state index contributed by atoms with van der Waals surface area (Å²) in [7, 11) is 2.21. The molecule has 0 spiro atoms. The third kappa shape index (κ3) is 5.07. The molecule has 1 N–H and O–H groups in total. The molecule has 0 saturated heterocycles. The van der Waals surface area contributed by atoms with E-state index in [1.165, 1.54) is 32.1 Å². The third-order valence-electron chi connectivity index (χ3n) is 6.82.